The molecule has 4 amide bonds. The SMILES string of the molecule is CCCCN1C(=O)NC(c2cccc(NC(=O)Nc3ccc(F)cc3F)c2)C(C(=O)OC(C)C)=C1C. The van der Waals surface area contributed by atoms with Crippen LogP contribution in [0.25, 0.3) is 0 Å². The van der Waals surface area contributed by atoms with Crippen LogP contribution in [0, 0.1) is 11.6 Å². The number of hydrogen-bond donors (Lipinski definition) is 3. The van der Waals surface area contributed by atoms with Crippen LogP contribution in [-0.2, 0) is 9.53 Å². The van der Waals surface area contributed by atoms with Crippen molar-refractivity contribution in [3.8, 4) is 0 Å². The number of hydrogen-bond acceptors (Lipinski definition) is 4. The molecule has 1 aliphatic rings. The third kappa shape index (κ3) is 6.38. The predicted molar refractivity (Wildman–Crippen MR) is 132 cm³/mol. The molecular formula is C26H30F2N4O4. The number of esters is 1. The third-order valence-electron chi connectivity index (χ3n) is 5.55. The average molecular weight is 501 g/mol. The molecule has 1 atom stereocenters. The average Bonchev–Trinajstić information content (AvgIpc) is 2.80. The molecule has 3 N–H and O–H groups in total. The summed E-state index contributed by atoms with van der Waals surface area (Å²) in [5.74, 6) is -2.22. The molecule has 0 bridgehead atoms. The largest absolute Gasteiger partial charge is 0.459 e. The van der Waals surface area contributed by atoms with Gasteiger partial charge < -0.3 is 20.7 Å². The van der Waals surface area contributed by atoms with E-state index in [2.05, 4.69) is 16.0 Å². The van der Waals surface area contributed by atoms with Gasteiger partial charge in [0.15, 0.2) is 0 Å². The standard InChI is InChI=1S/C26H30F2N4O4/c1-5-6-12-32-16(4)22(24(33)36-15(2)3)23(31-26(32)35)17-8-7-9-19(13-17)29-25(34)30-21-11-10-18(27)14-20(21)28/h7-11,13-15,23H,5-6,12H2,1-4H3,(H,31,35)(H2,29,30,34). The molecule has 1 heterocycles. The third-order valence-corrected chi connectivity index (χ3v) is 5.55. The highest BCUT2D eigenvalue weighted by atomic mass is 19.1. The lowest BCUT2D eigenvalue weighted by Crippen LogP contribution is -2.48. The maximum absolute atomic E-state index is 13.9. The van der Waals surface area contributed by atoms with Crippen molar-refractivity contribution in [2.45, 2.75) is 52.7 Å². The van der Waals surface area contributed by atoms with E-state index in [1.54, 1.807) is 45.0 Å². The van der Waals surface area contributed by atoms with Crippen molar-refractivity contribution in [3.05, 3.63) is 70.9 Å². The molecule has 1 aliphatic heterocycles. The van der Waals surface area contributed by atoms with Crippen LogP contribution in [0.5, 0.6) is 0 Å². The van der Waals surface area contributed by atoms with Crippen LogP contribution >= 0.6 is 0 Å². The number of carbonyl (C=O) groups excluding carboxylic acids is 3. The molecule has 36 heavy (non-hydrogen) atoms. The number of allylic oxidation sites excluding steroid dienone is 1. The summed E-state index contributed by atoms with van der Waals surface area (Å²) >= 11 is 0. The molecule has 1 unspecified atom stereocenters. The second kappa shape index (κ2) is 11.7. The van der Waals surface area contributed by atoms with Gasteiger partial charge in [-0.15, -0.1) is 0 Å². The van der Waals surface area contributed by atoms with Crippen LogP contribution in [0.15, 0.2) is 53.7 Å². The first-order valence-electron chi connectivity index (χ1n) is 11.7. The van der Waals surface area contributed by atoms with Crippen molar-refractivity contribution in [2.75, 3.05) is 17.2 Å². The van der Waals surface area contributed by atoms with E-state index >= 15 is 0 Å². The van der Waals surface area contributed by atoms with Gasteiger partial charge in [0.1, 0.15) is 11.6 Å². The fraction of sp³-hybridized carbons (Fsp3) is 0.346. The van der Waals surface area contributed by atoms with Crippen LogP contribution in [-0.4, -0.2) is 35.6 Å². The summed E-state index contributed by atoms with van der Waals surface area (Å²) < 4.78 is 32.5. The van der Waals surface area contributed by atoms with Gasteiger partial charge in [-0.2, -0.15) is 0 Å². The van der Waals surface area contributed by atoms with Gasteiger partial charge in [-0.25, -0.2) is 23.2 Å². The smallest absolute Gasteiger partial charge is 0.338 e. The number of benzene rings is 2. The Labute approximate surface area is 208 Å². The van der Waals surface area contributed by atoms with E-state index in [0.717, 1.165) is 25.0 Å². The second-order valence-corrected chi connectivity index (χ2v) is 8.67. The topological polar surface area (TPSA) is 99.8 Å². The Morgan fingerprint density at radius 2 is 1.89 bits per heavy atom. The van der Waals surface area contributed by atoms with Crippen LogP contribution in [0.2, 0.25) is 0 Å². The minimum absolute atomic E-state index is 0.186. The van der Waals surface area contributed by atoms with Crippen LogP contribution < -0.4 is 16.0 Å². The van der Waals surface area contributed by atoms with Crippen molar-refractivity contribution < 1.29 is 27.9 Å². The molecule has 2 aromatic carbocycles. The Bertz CT molecular complexity index is 1180. The number of nitrogens with zero attached hydrogens (tertiary/aromatic N) is 1. The Morgan fingerprint density at radius 3 is 2.56 bits per heavy atom. The van der Waals surface area contributed by atoms with Crippen LogP contribution in [0.3, 0.4) is 0 Å². The predicted octanol–water partition coefficient (Wildman–Crippen LogP) is 5.70. The Morgan fingerprint density at radius 1 is 1.14 bits per heavy atom. The highest BCUT2D eigenvalue weighted by Crippen LogP contribution is 2.33. The van der Waals surface area contributed by atoms with Gasteiger partial charge in [0.25, 0.3) is 0 Å². The van der Waals surface area contributed by atoms with E-state index in [1.807, 2.05) is 6.92 Å². The van der Waals surface area contributed by atoms with Gasteiger partial charge in [0.05, 0.1) is 23.4 Å². The summed E-state index contributed by atoms with van der Waals surface area (Å²) in [6.45, 7) is 7.67. The fourth-order valence-electron chi connectivity index (χ4n) is 3.83. The zero-order chi connectivity index (χ0) is 26.4. The summed E-state index contributed by atoms with van der Waals surface area (Å²) in [6.07, 6.45) is 1.29. The van der Waals surface area contributed by atoms with Crippen molar-refractivity contribution in [3.63, 3.8) is 0 Å². The number of ether oxygens (including phenoxy) is 1. The Kier molecular flexibility index (Phi) is 8.63. The fourth-order valence-corrected chi connectivity index (χ4v) is 3.83. The number of anilines is 2. The van der Waals surface area contributed by atoms with Gasteiger partial charge in [0.2, 0.25) is 0 Å². The van der Waals surface area contributed by atoms with E-state index in [4.69, 9.17) is 4.74 Å². The molecule has 2 aromatic rings. The molecule has 0 aromatic heterocycles. The summed E-state index contributed by atoms with van der Waals surface area (Å²) in [7, 11) is 0. The number of urea groups is 2. The summed E-state index contributed by atoms with van der Waals surface area (Å²) in [4.78, 5) is 39.9. The van der Waals surface area contributed by atoms with Gasteiger partial charge in [-0.05, 0) is 57.0 Å². The molecule has 0 saturated carbocycles. The minimum Gasteiger partial charge on any atom is -0.459 e. The number of rotatable bonds is 8. The van der Waals surface area contributed by atoms with Crippen molar-refractivity contribution >= 4 is 29.4 Å². The maximum Gasteiger partial charge on any atom is 0.338 e. The highest BCUT2D eigenvalue weighted by molar-refractivity contribution is 6.00. The zero-order valence-electron chi connectivity index (χ0n) is 20.7. The molecule has 10 heteroatoms. The second-order valence-electron chi connectivity index (χ2n) is 8.67. The van der Waals surface area contributed by atoms with E-state index < -0.39 is 29.7 Å². The molecule has 8 nitrogen and oxygen atoms in total. The van der Waals surface area contributed by atoms with E-state index in [-0.39, 0.29) is 17.8 Å². The number of amides is 4. The normalized spacial score (nSPS) is 15.6. The molecule has 0 radical (unpaired) electrons. The molecule has 0 saturated heterocycles. The first kappa shape index (κ1) is 26.7. The minimum atomic E-state index is -0.912. The van der Waals surface area contributed by atoms with E-state index in [0.29, 0.717) is 35.1 Å². The quantitative estimate of drug-likeness (QED) is 0.405. The zero-order valence-corrected chi connectivity index (χ0v) is 20.7. The monoisotopic (exact) mass is 500 g/mol. The summed E-state index contributed by atoms with van der Waals surface area (Å²) in [5, 5.41) is 7.78. The Balaban J connectivity index is 1.88. The van der Waals surface area contributed by atoms with E-state index in [1.165, 1.54) is 4.90 Å². The summed E-state index contributed by atoms with van der Waals surface area (Å²) in [6, 6.07) is 7.49. The molecule has 192 valence electrons. The van der Waals surface area contributed by atoms with Gasteiger partial charge in [-0.3, -0.25) is 4.90 Å². The van der Waals surface area contributed by atoms with Crippen LogP contribution in [0.4, 0.5) is 29.7 Å². The lowest BCUT2D eigenvalue weighted by Gasteiger charge is -2.35. The number of unbranched alkanes of at least 4 members (excludes halogenated alkanes) is 1. The number of nitrogens with one attached hydrogen (secondary N) is 3. The van der Waals surface area contributed by atoms with Gasteiger partial charge >= 0.3 is 18.0 Å². The number of carbonyl (C=O) groups is 3. The van der Waals surface area contributed by atoms with Gasteiger partial charge in [-0.1, -0.05) is 25.5 Å². The molecule has 3 rings (SSSR count). The molecule has 0 spiro atoms. The first-order valence-corrected chi connectivity index (χ1v) is 11.7. The maximum atomic E-state index is 13.9. The van der Waals surface area contributed by atoms with Crippen molar-refractivity contribution in [1.82, 2.24) is 10.2 Å². The number of halogens is 2. The van der Waals surface area contributed by atoms with Crippen LogP contribution in [0.1, 0.15) is 52.1 Å². The lowest BCUT2D eigenvalue weighted by atomic mass is 9.94. The molecule has 0 fully saturated rings. The van der Waals surface area contributed by atoms with E-state index in [9.17, 15) is 23.2 Å². The van der Waals surface area contributed by atoms with Gasteiger partial charge in [0, 0.05) is 24.0 Å². The lowest BCUT2D eigenvalue weighted by molar-refractivity contribution is -0.143. The Hall–Kier alpha value is -3.95. The molecular weight excluding hydrogens is 470 g/mol. The summed E-state index contributed by atoms with van der Waals surface area (Å²) in [5.41, 5.74) is 1.50. The van der Waals surface area contributed by atoms with Crippen molar-refractivity contribution in [1.29, 1.82) is 0 Å². The highest BCUT2D eigenvalue weighted by Gasteiger charge is 2.36. The first-order chi connectivity index (χ1) is 17.1. The van der Waals surface area contributed by atoms with Crippen molar-refractivity contribution in [2.24, 2.45) is 0 Å². The molecule has 0 aliphatic carbocycles.